The van der Waals surface area contributed by atoms with E-state index in [-0.39, 0.29) is 6.04 Å². The average molecular weight is 161 g/mol. The van der Waals surface area contributed by atoms with Crippen molar-refractivity contribution in [3.8, 4) is 0 Å². The van der Waals surface area contributed by atoms with Crippen molar-refractivity contribution in [2.45, 2.75) is 30.6 Å². The van der Waals surface area contributed by atoms with Crippen LogP contribution in [0.5, 0.6) is 0 Å². The van der Waals surface area contributed by atoms with Gasteiger partial charge in [-0.3, -0.25) is 5.32 Å². The molecule has 5 unspecified atom stereocenters. The molecule has 0 saturated carbocycles. The van der Waals surface area contributed by atoms with E-state index < -0.39 is 24.5 Å². The molecule has 0 aromatic heterocycles. The Morgan fingerprint density at radius 1 is 1.09 bits per heavy atom. The third kappa shape index (κ3) is 0.969. The van der Waals surface area contributed by atoms with Crippen molar-refractivity contribution in [2.24, 2.45) is 0 Å². The minimum Gasteiger partial charge on any atom is -0.389 e. The predicted octanol–water partition coefficient (Wildman–Crippen LogP) is -2.60. The number of aliphatic hydroxyl groups excluding tert-OH is 3. The van der Waals surface area contributed by atoms with Gasteiger partial charge in [-0.15, -0.1) is 0 Å². The number of piperidine rings is 1. The van der Waals surface area contributed by atoms with Gasteiger partial charge < -0.3 is 20.1 Å². The van der Waals surface area contributed by atoms with Gasteiger partial charge in [-0.1, -0.05) is 0 Å². The first-order chi connectivity index (χ1) is 5.20. The summed E-state index contributed by atoms with van der Waals surface area (Å²) >= 11 is 0. The van der Waals surface area contributed by atoms with Crippen LogP contribution in [0, 0.1) is 0 Å². The number of hydrogen-bond donors (Lipinski definition) is 4. The Kier molecular flexibility index (Phi) is 1.62. The first kappa shape index (κ1) is 7.45. The molecule has 2 fully saturated rings. The monoisotopic (exact) mass is 161 g/mol. The van der Waals surface area contributed by atoms with E-state index in [1.54, 1.807) is 0 Å². The highest BCUT2D eigenvalue weighted by atomic mass is 16.5. The van der Waals surface area contributed by atoms with Gasteiger partial charge in [0.15, 0.2) is 0 Å². The van der Waals surface area contributed by atoms with E-state index in [4.69, 9.17) is 4.74 Å². The van der Waals surface area contributed by atoms with E-state index in [1.165, 1.54) is 0 Å². The van der Waals surface area contributed by atoms with Gasteiger partial charge in [0.2, 0.25) is 0 Å². The lowest BCUT2D eigenvalue weighted by Crippen LogP contribution is -2.60. The number of fused-ring (bicyclic) bond motifs is 2. The molecule has 2 aliphatic heterocycles. The molecule has 0 amide bonds. The second kappa shape index (κ2) is 2.40. The molecular formula is C6H11NO4. The highest BCUT2D eigenvalue weighted by molar-refractivity contribution is 4.98. The third-order valence-corrected chi connectivity index (χ3v) is 2.26. The zero-order valence-corrected chi connectivity index (χ0v) is 5.84. The largest absolute Gasteiger partial charge is 0.389 e. The van der Waals surface area contributed by atoms with E-state index in [9.17, 15) is 15.3 Å². The molecule has 11 heavy (non-hydrogen) atoms. The van der Waals surface area contributed by atoms with Gasteiger partial charge >= 0.3 is 0 Å². The number of hydrogen-bond acceptors (Lipinski definition) is 5. The lowest BCUT2D eigenvalue weighted by molar-refractivity contribution is -0.122. The highest BCUT2D eigenvalue weighted by Gasteiger charge is 2.47. The average Bonchev–Trinajstić information content (AvgIpc) is 2.44. The number of rotatable bonds is 0. The van der Waals surface area contributed by atoms with Gasteiger partial charge in [0.25, 0.3) is 0 Å². The minimum atomic E-state index is -1.09. The maximum Gasteiger partial charge on any atom is 0.137 e. The molecule has 2 aliphatic rings. The second-order valence-corrected chi connectivity index (χ2v) is 3.00. The zero-order valence-electron chi connectivity index (χ0n) is 5.84. The van der Waals surface area contributed by atoms with Crippen LogP contribution in [0.1, 0.15) is 0 Å². The molecule has 2 saturated heterocycles. The Morgan fingerprint density at radius 2 is 1.82 bits per heavy atom. The summed E-state index contributed by atoms with van der Waals surface area (Å²) in [4.78, 5) is 0. The normalized spacial score (nSPS) is 56.5. The van der Waals surface area contributed by atoms with Crippen molar-refractivity contribution >= 4 is 0 Å². The summed E-state index contributed by atoms with van der Waals surface area (Å²) in [5.41, 5.74) is 0. The van der Waals surface area contributed by atoms with E-state index in [1.807, 2.05) is 0 Å². The first-order valence-electron chi connectivity index (χ1n) is 3.62. The van der Waals surface area contributed by atoms with Gasteiger partial charge in [0.05, 0.1) is 12.6 Å². The van der Waals surface area contributed by atoms with Crippen LogP contribution in [0.2, 0.25) is 0 Å². The smallest absolute Gasteiger partial charge is 0.137 e. The second-order valence-electron chi connectivity index (χ2n) is 3.00. The van der Waals surface area contributed by atoms with Gasteiger partial charge in [0.1, 0.15) is 24.5 Å². The molecular weight excluding hydrogens is 150 g/mol. The van der Waals surface area contributed by atoms with Crippen LogP contribution >= 0.6 is 0 Å². The van der Waals surface area contributed by atoms with Crippen LogP contribution in [-0.2, 0) is 4.74 Å². The van der Waals surface area contributed by atoms with Crippen LogP contribution < -0.4 is 5.32 Å². The number of aliphatic hydroxyl groups is 3. The summed E-state index contributed by atoms with van der Waals surface area (Å²) in [6.45, 7) is 0.347. The molecule has 5 atom stereocenters. The Bertz CT molecular complexity index is 145. The molecule has 0 aliphatic carbocycles. The molecule has 0 aromatic rings. The lowest BCUT2D eigenvalue weighted by Gasteiger charge is -2.33. The van der Waals surface area contributed by atoms with Gasteiger partial charge in [0, 0.05) is 0 Å². The molecule has 4 N–H and O–H groups in total. The van der Waals surface area contributed by atoms with Crippen molar-refractivity contribution in [3.05, 3.63) is 0 Å². The Hall–Kier alpha value is -0.200. The zero-order chi connectivity index (χ0) is 8.01. The predicted molar refractivity (Wildman–Crippen MR) is 34.7 cm³/mol. The van der Waals surface area contributed by atoms with Crippen molar-refractivity contribution in [3.63, 3.8) is 0 Å². The van der Waals surface area contributed by atoms with Gasteiger partial charge in [-0.05, 0) is 0 Å². The van der Waals surface area contributed by atoms with E-state index in [0.717, 1.165) is 0 Å². The van der Waals surface area contributed by atoms with E-state index in [0.29, 0.717) is 6.61 Å². The van der Waals surface area contributed by atoms with Crippen molar-refractivity contribution in [2.75, 3.05) is 6.61 Å². The summed E-state index contributed by atoms with van der Waals surface area (Å²) in [6.07, 6.45) is -3.56. The summed E-state index contributed by atoms with van der Waals surface area (Å²) in [7, 11) is 0. The Balaban J connectivity index is 2.16. The lowest BCUT2D eigenvalue weighted by atomic mass is 9.97. The number of nitrogens with one attached hydrogen (secondary N) is 1. The van der Waals surface area contributed by atoms with E-state index in [2.05, 4.69) is 5.32 Å². The van der Waals surface area contributed by atoms with Crippen molar-refractivity contribution in [1.29, 1.82) is 0 Å². The fourth-order valence-electron chi connectivity index (χ4n) is 1.53. The summed E-state index contributed by atoms with van der Waals surface area (Å²) in [5.74, 6) is 0. The topological polar surface area (TPSA) is 82.0 Å². The third-order valence-electron chi connectivity index (χ3n) is 2.26. The number of ether oxygens (including phenoxy) is 1. The highest BCUT2D eigenvalue weighted by Crippen LogP contribution is 2.21. The Morgan fingerprint density at radius 3 is 2.55 bits per heavy atom. The molecule has 2 heterocycles. The van der Waals surface area contributed by atoms with Crippen molar-refractivity contribution < 1.29 is 20.1 Å². The summed E-state index contributed by atoms with van der Waals surface area (Å²) < 4.78 is 5.05. The van der Waals surface area contributed by atoms with Gasteiger partial charge in [-0.2, -0.15) is 0 Å². The fourth-order valence-corrected chi connectivity index (χ4v) is 1.53. The van der Waals surface area contributed by atoms with Gasteiger partial charge in [-0.25, -0.2) is 0 Å². The fraction of sp³-hybridized carbons (Fsp3) is 1.00. The SMILES string of the molecule is OC1C2COC(N2)C(O)C1O. The first-order valence-corrected chi connectivity index (χ1v) is 3.62. The minimum absolute atomic E-state index is 0.238. The van der Waals surface area contributed by atoms with Crippen LogP contribution in [0.15, 0.2) is 0 Å². The molecule has 2 rings (SSSR count). The molecule has 0 radical (unpaired) electrons. The van der Waals surface area contributed by atoms with Crippen LogP contribution in [-0.4, -0.2) is 52.5 Å². The van der Waals surface area contributed by atoms with Crippen molar-refractivity contribution in [1.82, 2.24) is 5.32 Å². The van der Waals surface area contributed by atoms with Crippen LogP contribution in [0.3, 0.4) is 0 Å². The standard InChI is InChI=1S/C6H11NO4/c8-3-2-1-11-6(7-2)5(10)4(3)9/h2-10H,1H2. The maximum atomic E-state index is 9.28. The molecule has 5 nitrogen and oxygen atoms in total. The summed E-state index contributed by atoms with van der Waals surface area (Å²) in [6, 6.07) is -0.238. The van der Waals surface area contributed by atoms with Crippen LogP contribution in [0.25, 0.3) is 0 Å². The quantitative estimate of drug-likeness (QED) is 0.313. The van der Waals surface area contributed by atoms with Crippen LogP contribution in [0.4, 0.5) is 0 Å². The molecule has 2 bridgehead atoms. The Labute approximate surface area is 63.6 Å². The maximum absolute atomic E-state index is 9.28. The molecule has 0 spiro atoms. The van der Waals surface area contributed by atoms with E-state index >= 15 is 0 Å². The summed E-state index contributed by atoms with van der Waals surface area (Å²) in [5, 5.41) is 30.6. The molecule has 0 aromatic carbocycles. The molecule has 64 valence electrons. The molecule has 5 heteroatoms.